The smallest absolute Gasteiger partial charge is 0.220 e. The molecule has 0 aliphatic heterocycles. The van der Waals surface area contributed by atoms with Gasteiger partial charge in [0.1, 0.15) is 0 Å². The van der Waals surface area contributed by atoms with Crippen LogP contribution >= 0.6 is 0 Å². The summed E-state index contributed by atoms with van der Waals surface area (Å²) in [5.41, 5.74) is 0. The molecular formula is C9H17NO. The molecule has 0 saturated heterocycles. The molecule has 1 amide bonds. The lowest BCUT2D eigenvalue weighted by atomic mass is 10.3. The van der Waals surface area contributed by atoms with Crippen molar-refractivity contribution in [2.75, 3.05) is 6.54 Å². The van der Waals surface area contributed by atoms with Gasteiger partial charge in [-0.3, -0.25) is 4.79 Å². The summed E-state index contributed by atoms with van der Waals surface area (Å²) in [5, 5.41) is 2.56. The normalized spacial score (nSPS) is 7.09. The summed E-state index contributed by atoms with van der Waals surface area (Å²) >= 11 is 0. The lowest BCUT2D eigenvalue weighted by molar-refractivity contribution is -0.120. The average molecular weight is 155 g/mol. The van der Waals surface area contributed by atoms with E-state index in [2.05, 4.69) is 11.2 Å². The Labute approximate surface area is 69.4 Å². The van der Waals surface area contributed by atoms with E-state index < -0.39 is 0 Å². The molecule has 0 heterocycles. The maximum Gasteiger partial charge on any atom is 0.220 e. The Bertz CT molecular complexity index is 124. The second kappa shape index (κ2) is 11.8. The zero-order valence-electron chi connectivity index (χ0n) is 7.61. The van der Waals surface area contributed by atoms with Gasteiger partial charge in [0.05, 0.1) is 6.54 Å². The summed E-state index contributed by atoms with van der Waals surface area (Å²) in [6.07, 6.45) is 6.35. The van der Waals surface area contributed by atoms with Crippen molar-refractivity contribution in [1.29, 1.82) is 0 Å². The van der Waals surface area contributed by atoms with Crippen LogP contribution in [0, 0.1) is 12.3 Å². The van der Waals surface area contributed by atoms with Crippen molar-refractivity contribution in [3.63, 3.8) is 0 Å². The van der Waals surface area contributed by atoms with Gasteiger partial charge in [0.2, 0.25) is 5.91 Å². The molecular weight excluding hydrogens is 138 g/mol. The minimum atomic E-state index is 0.0375. The van der Waals surface area contributed by atoms with Gasteiger partial charge in [-0.2, -0.15) is 0 Å². The Hall–Kier alpha value is -0.970. The number of amides is 1. The molecule has 2 heteroatoms. The summed E-state index contributed by atoms with van der Waals surface area (Å²) in [6, 6.07) is 0. The van der Waals surface area contributed by atoms with E-state index in [-0.39, 0.29) is 5.91 Å². The second-order valence-electron chi connectivity index (χ2n) is 1.73. The summed E-state index contributed by atoms with van der Waals surface area (Å²) in [6.45, 7) is 6.30. The summed E-state index contributed by atoms with van der Waals surface area (Å²) in [5.74, 6) is 2.36. The molecule has 0 radical (unpaired) electrons. The van der Waals surface area contributed by atoms with Crippen LogP contribution in [0.2, 0.25) is 0 Å². The van der Waals surface area contributed by atoms with Crippen molar-refractivity contribution >= 4 is 5.91 Å². The molecule has 0 aliphatic rings. The van der Waals surface area contributed by atoms with Gasteiger partial charge in [-0.25, -0.2) is 0 Å². The highest BCUT2D eigenvalue weighted by molar-refractivity contribution is 5.75. The third kappa shape index (κ3) is 12.3. The molecule has 0 unspecified atom stereocenters. The molecule has 0 spiro atoms. The first kappa shape index (κ1) is 12.7. The Balaban J connectivity index is 0. The second-order valence-corrected chi connectivity index (χ2v) is 1.73. The lowest BCUT2D eigenvalue weighted by Gasteiger charge is -1.96. The number of hydrogen-bond donors (Lipinski definition) is 1. The van der Waals surface area contributed by atoms with Crippen LogP contribution in [0.3, 0.4) is 0 Å². The van der Waals surface area contributed by atoms with E-state index >= 15 is 0 Å². The summed E-state index contributed by atoms with van der Waals surface area (Å²) in [7, 11) is 0. The van der Waals surface area contributed by atoms with Gasteiger partial charge >= 0.3 is 0 Å². The number of carbonyl (C=O) groups is 1. The van der Waals surface area contributed by atoms with Crippen molar-refractivity contribution in [1.82, 2.24) is 5.32 Å². The molecule has 0 rings (SSSR count). The van der Waals surface area contributed by atoms with Crippen molar-refractivity contribution < 1.29 is 4.79 Å². The molecule has 0 aromatic rings. The first-order valence-electron chi connectivity index (χ1n) is 4.01. The van der Waals surface area contributed by atoms with Gasteiger partial charge in [0.15, 0.2) is 0 Å². The Morgan fingerprint density at radius 2 is 2.09 bits per heavy atom. The molecule has 0 aromatic heterocycles. The van der Waals surface area contributed by atoms with Crippen LogP contribution < -0.4 is 5.32 Å². The van der Waals surface area contributed by atoms with E-state index in [0.717, 1.165) is 6.42 Å². The van der Waals surface area contributed by atoms with Crippen LogP contribution in [0.5, 0.6) is 0 Å². The van der Waals surface area contributed by atoms with E-state index in [1.165, 1.54) is 0 Å². The molecule has 0 aliphatic carbocycles. The van der Waals surface area contributed by atoms with Gasteiger partial charge in [0, 0.05) is 6.42 Å². The molecule has 0 atom stereocenters. The predicted molar refractivity (Wildman–Crippen MR) is 48.1 cm³/mol. The highest BCUT2D eigenvalue weighted by Gasteiger charge is 1.93. The number of rotatable bonds is 3. The van der Waals surface area contributed by atoms with Crippen LogP contribution in [-0.4, -0.2) is 12.5 Å². The molecule has 0 bridgehead atoms. The van der Waals surface area contributed by atoms with Crippen LogP contribution in [0.4, 0.5) is 0 Å². The summed E-state index contributed by atoms with van der Waals surface area (Å²) in [4.78, 5) is 10.6. The van der Waals surface area contributed by atoms with Crippen LogP contribution in [0.1, 0.15) is 33.6 Å². The molecule has 0 saturated carbocycles. The standard InChI is InChI=1S/C7H11NO.C2H6/c1-3-5-7(9)8-6-4-2;1-2/h2H,3,5-6H2,1H3,(H,8,9);1-2H3. The average Bonchev–Trinajstić information content (AvgIpc) is 2.05. The number of nitrogens with one attached hydrogen (secondary N) is 1. The van der Waals surface area contributed by atoms with Crippen molar-refractivity contribution in [3.05, 3.63) is 0 Å². The monoisotopic (exact) mass is 155 g/mol. The molecule has 1 N–H and O–H groups in total. The van der Waals surface area contributed by atoms with Crippen molar-refractivity contribution in [3.8, 4) is 12.3 Å². The van der Waals surface area contributed by atoms with Gasteiger partial charge < -0.3 is 5.32 Å². The van der Waals surface area contributed by atoms with Gasteiger partial charge in [0.25, 0.3) is 0 Å². The molecule has 0 fully saturated rings. The first-order chi connectivity index (χ1) is 5.31. The van der Waals surface area contributed by atoms with Crippen molar-refractivity contribution in [2.24, 2.45) is 0 Å². The third-order valence-electron chi connectivity index (χ3n) is 0.865. The van der Waals surface area contributed by atoms with Crippen molar-refractivity contribution in [2.45, 2.75) is 33.6 Å². The fourth-order valence-electron chi connectivity index (χ4n) is 0.465. The zero-order valence-corrected chi connectivity index (χ0v) is 7.61. The minimum absolute atomic E-state index is 0.0375. The Kier molecular flexibility index (Phi) is 13.6. The van der Waals surface area contributed by atoms with E-state index in [4.69, 9.17) is 6.42 Å². The Morgan fingerprint density at radius 3 is 2.45 bits per heavy atom. The van der Waals surface area contributed by atoms with E-state index in [0.29, 0.717) is 13.0 Å². The van der Waals surface area contributed by atoms with E-state index in [9.17, 15) is 4.79 Å². The van der Waals surface area contributed by atoms with Crippen LogP contribution in [0.15, 0.2) is 0 Å². The fourth-order valence-corrected chi connectivity index (χ4v) is 0.465. The number of carbonyl (C=O) groups excluding carboxylic acids is 1. The van der Waals surface area contributed by atoms with E-state index in [1.54, 1.807) is 0 Å². The molecule has 0 aromatic carbocycles. The van der Waals surface area contributed by atoms with E-state index in [1.807, 2.05) is 20.8 Å². The van der Waals surface area contributed by atoms with Gasteiger partial charge in [-0.15, -0.1) is 6.42 Å². The minimum Gasteiger partial charge on any atom is -0.345 e. The Morgan fingerprint density at radius 1 is 1.55 bits per heavy atom. The number of hydrogen-bond acceptors (Lipinski definition) is 1. The maximum atomic E-state index is 10.6. The topological polar surface area (TPSA) is 29.1 Å². The highest BCUT2D eigenvalue weighted by atomic mass is 16.1. The van der Waals surface area contributed by atoms with Crippen LogP contribution in [0.25, 0.3) is 0 Å². The maximum absolute atomic E-state index is 10.6. The lowest BCUT2D eigenvalue weighted by Crippen LogP contribution is -2.22. The largest absolute Gasteiger partial charge is 0.345 e. The quantitative estimate of drug-likeness (QED) is 0.616. The van der Waals surface area contributed by atoms with Gasteiger partial charge in [-0.05, 0) is 6.42 Å². The summed E-state index contributed by atoms with van der Waals surface area (Å²) < 4.78 is 0. The molecule has 11 heavy (non-hydrogen) atoms. The molecule has 2 nitrogen and oxygen atoms in total. The van der Waals surface area contributed by atoms with Crippen LogP contribution in [-0.2, 0) is 4.79 Å². The zero-order chi connectivity index (χ0) is 9.11. The first-order valence-corrected chi connectivity index (χ1v) is 4.01. The fraction of sp³-hybridized carbons (Fsp3) is 0.667. The highest BCUT2D eigenvalue weighted by Crippen LogP contribution is 1.83. The number of terminal acetylenes is 1. The predicted octanol–water partition coefficient (Wildman–Crippen LogP) is 1.56. The SMILES string of the molecule is C#CCNC(=O)CCC.CC. The third-order valence-corrected chi connectivity index (χ3v) is 0.865. The molecule has 64 valence electrons. The van der Waals surface area contributed by atoms with Gasteiger partial charge in [-0.1, -0.05) is 26.7 Å².